The summed E-state index contributed by atoms with van der Waals surface area (Å²) in [6.45, 7) is 7.48. The number of halogens is 1. The van der Waals surface area contributed by atoms with Crippen LogP contribution in [0.15, 0.2) is 41.1 Å². The van der Waals surface area contributed by atoms with Gasteiger partial charge in [0, 0.05) is 37.3 Å². The third kappa shape index (κ3) is 3.81. The molecule has 4 rings (SSSR count). The summed E-state index contributed by atoms with van der Waals surface area (Å²) >= 11 is 6.08. The fourth-order valence-corrected chi connectivity index (χ4v) is 3.66. The molecule has 1 saturated heterocycles. The zero-order valence-electron chi connectivity index (χ0n) is 15.9. The number of aromatic nitrogens is 3. The van der Waals surface area contributed by atoms with E-state index in [2.05, 4.69) is 15.2 Å². The number of nitrogens with zero attached hydrogens (tertiary/aromatic N) is 5. The quantitative estimate of drug-likeness (QED) is 0.674. The minimum absolute atomic E-state index is 0.0148. The molecular weight excluding hydrogens is 378 g/mol. The SMILES string of the molecule is Cc1cc(CN2CCN(C(=O)c3cnn(-c4cccc(Cl)c4)c3C)CC2)on1. The fourth-order valence-electron chi connectivity index (χ4n) is 3.48. The molecule has 1 aromatic carbocycles. The Kier molecular flexibility index (Phi) is 5.19. The summed E-state index contributed by atoms with van der Waals surface area (Å²) in [4.78, 5) is 17.2. The Hall–Kier alpha value is -2.64. The van der Waals surface area contributed by atoms with Gasteiger partial charge in [0.05, 0.1) is 35.4 Å². The van der Waals surface area contributed by atoms with Crippen LogP contribution in [0.1, 0.15) is 27.5 Å². The largest absolute Gasteiger partial charge is 0.360 e. The maximum Gasteiger partial charge on any atom is 0.257 e. The molecule has 0 aliphatic carbocycles. The van der Waals surface area contributed by atoms with Gasteiger partial charge in [0.1, 0.15) is 0 Å². The summed E-state index contributed by atoms with van der Waals surface area (Å²) in [5.74, 6) is 0.872. The average molecular weight is 400 g/mol. The molecule has 3 aromatic rings. The van der Waals surface area contributed by atoms with Crippen molar-refractivity contribution in [1.82, 2.24) is 24.7 Å². The molecule has 146 valence electrons. The van der Waals surface area contributed by atoms with Crippen LogP contribution in [0.4, 0.5) is 0 Å². The molecule has 1 aliphatic rings. The standard InChI is InChI=1S/C20H22ClN5O2/c1-14-10-18(28-23-14)13-24-6-8-25(9-7-24)20(27)19-12-22-26(15(19)2)17-5-3-4-16(21)11-17/h3-5,10-12H,6-9,13H2,1-2H3. The number of amides is 1. The van der Waals surface area contributed by atoms with Crippen LogP contribution in [0.3, 0.4) is 0 Å². The van der Waals surface area contributed by atoms with E-state index in [0.29, 0.717) is 30.2 Å². The van der Waals surface area contributed by atoms with Crippen molar-refractivity contribution in [3.8, 4) is 5.69 Å². The van der Waals surface area contributed by atoms with Crippen LogP contribution >= 0.6 is 11.6 Å². The highest BCUT2D eigenvalue weighted by molar-refractivity contribution is 6.30. The van der Waals surface area contributed by atoms with Gasteiger partial charge in [0.25, 0.3) is 5.91 Å². The van der Waals surface area contributed by atoms with E-state index >= 15 is 0 Å². The molecule has 8 heteroatoms. The van der Waals surface area contributed by atoms with Gasteiger partial charge >= 0.3 is 0 Å². The van der Waals surface area contributed by atoms with Crippen molar-refractivity contribution in [2.45, 2.75) is 20.4 Å². The Bertz CT molecular complexity index is 988. The smallest absolute Gasteiger partial charge is 0.257 e. The van der Waals surface area contributed by atoms with E-state index in [4.69, 9.17) is 16.1 Å². The monoisotopic (exact) mass is 399 g/mol. The van der Waals surface area contributed by atoms with E-state index in [0.717, 1.165) is 35.9 Å². The van der Waals surface area contributed by atoms with E-state index in [1.807, 2.05) is 49.1 Å². The maximum absolute atomic E-state index is 13.0. The Balaban J connectivity index is 1.42. The highest BCUT2D eigenvalue weighted by atomic mass is 35.5. The molecule has 2 aromatic heterocycles. The molecule has 3 heterocycles. The van der Waals surface area contributed by atoms with Gasteiger partial charge in [0.2, 0.25) is 0 Å². The first-order chi connectivity index (χ1) is 13.5. The number of rotatable bonds is 4. The third-order valence-corrected chi connectivity index (χ3v) is 5.24. The number of carbonyl (C=O) groups excluding carboxylic acids is 1. The number of benzene rings is 1. The van der Waals surface area contributed by atoms with Crippen molar-refractivity contribution in [3.63, 3.8) is 0 Å². The van der Waals surface area contributed by atoms with Gasteiger partial charge in [-0.1, -0.05) is 22.8 Å². The van der Waals surface area contributed by atoms with Crippen LogP contribution in [-0.4, -0.2) is 56.8 Å². The van der Waals surface area contributed by atoms with Crippen molar-refractivity contribution in [2.75, 3.05) is 26.2 Å². The predicted molar refractivity (Wildman–Crippen MR) is 106 cm³/mol. The van der Waals surface area contributed by atoms with Crippen LogP contribution in [0.2, 0.25) is 5.02 Å². The molecule has 0 radical (unpaired) electrons. The van der Waals surface area contributed by atoms with Gasteiger partial charge in [-0.05, 0) is 32.0 Å². The Labute approximate surface area is 168 Å². The molecule has 0 saturated carbocycles. The van der Waals surface area contributed by atoms with Crippen LogP contribution in [0.5, 0.6) is 0 Å². The number of carbonyl (C=O) groups is 1. The van der Waals surface area contributed by atoms with Crippen molar-refractivity contribution >= 4 is 17.5 Å². The van der Waals surface area contributed by atoms with Crippen LogP contribution < -0.4 is 0 Å². The first kappa shape index (κ1) is 18.7. The highest BCUT2D eigenvalue weighted by Crippen LogP contribution is 2.20. The van der Waals surface area contributed by atoms with Crippen molar-refractivity contribution < 1.29 is 9.32 Å². The molecule has 1 fully saturated rings. The molecule has 1 aliphatic heterocycles. The second kappa shape index (κ2) is 7.77. The van der Waals surface area contributed by atoms with Gasteiger partial charge < -0.3 is 9.42 Å². The van der Waals surface area contributed by atoms with E-state index in [1.54, 1.807) is 10.9 Å². The molecule has 7 nitrogen and oxygen atoms in total. The molecule has 0 bridgehead atoms. The highest BCUT2D eigenvalue weighted by Gasteiger charge is 2.25. The number of hydrogen-bond donors (Lipinski definition) is 0. The van der Waals surface area contributed by atoms with Crippen molar-refractivity contribution in [3.05, 3.63) is 64.3 Å². The summed E-state index contributed by atoms with van der Waals surface area (Å²) < 4.78 is 7.04. The molecule has 28 heavy (non-hydrogen) atoms. The van der Waals surface area contributed by atoms with E-state index in [9.17, 15) is 4.79 Å². The van der Waals surface area contributed by atoms with E-state index in [1.165, 1.54) is 0 Å². The lowest BCUT2D eigenvalue weighted by Gasteiger charge is -2.34. The molecule has 0 spiro atoms. The number of aryl methyl sites for hydroxylation is 1. The number of piperazine rings is 1. The van der Waals surface area contributed by atoms with Gasteiger partial charge in [0.15, 0.2) is 5.76 Å². The zero-order chi connectivity index (χ0) is 19.7. The minimum Gasteiger partial charge on any atom is -0.360 e. The molecule has 0 atom stereocenters. The first-order valence-corrected chi connectivity index (χ1v) is 9.63. The lowest BCUT2D eigenvalue weighted by molar-refractivity contribution is 0.0616. The summed E-state index contributed by atoms with van der Waals surface area (Å²) in [6.07, 6.45) is 1.64. The van der Waals surface area contributed by atoms with Crippen LogP contribution in [-0.2, 0) is 6.54 Å². The van der Waals surface area contributed by atoms with Crippen molar-refractivity contribution in [1.29, 1.82) is 0 Å². The minimum atomic E-state index is 0.0148. The molecule has 0 N–H and O–H groups in total. The maximum atomic E-state index is 13.0. The topological polar surface area (TPSA) is 67.4 Å². The van der Waals surface area contributed by atoms with Crippen LogP contribution in [0.25, 0.3) is 5.69 Å². The van der Waals surface area contributed by atoms with E-state index in [-0.39, 0.29) is 5.91 Å². The van der Waals surface area contributed by atoms with Gasteiger partial charge in [-0.3, -0.25) is 9.69 Å². The first-order valence-electron chi connectivity index (χ1n) is 9.25. The fraction of sp³-hybridized carbons (Fsp3) is 0.350. The third-order valence-electron chi connectivity index (χ3n) is 5.01. The van der Waals surface area contributed by atoms with Gasteiger partial charge in [-0.15, -0.1) is 0 Å². The van der Waals surface area contributed by atoms with Crippen molar-refractivity contribution in [2.24, 2.45) is 0 Å². The second-order valence-corrected chi connectivity index (χ2v) is 7.47. The lowest BCUT2D eigenvalue weighted by atomic mass is 10.2. The summed E-state index contributed by atoms with van der Waals surface area (Å²) in [5, 5.41) is 8.96. The normalized spacial score (nSPS) is 15.2. The molecule has 0 unspecified atom stereocenters. The number of hydrogen-bond acceptors (Lipinski definition) is 5. The van der Waals surface area contributed by atoms with Crippen LogP contribution in [0, 0.1) is 13.8 Å². The summed E-state index contributed by atoms with van der Waals surface area (Å²) in [6, 6.07) is 9.39. The van der Waals surface area contributed by atoms with E-state index < -0.39 is 0 Å². The molecular formula is C20H22ClN5O2. The summed E-state index contributed by atoms with van der Waals surface area (Å²) in [5.41, 5.74) is 3.17. The molecule has 1 amide bonds. The van der Waals surface area contributed by atoms with Gasteiger partial charge in [-0.2, -0.15) is 5.10 Å². The Morgan fingerprint density at radius 2 is 1.96 bits per heavy atom. The predicted octanol–water partition coefficient (Wildman–Crippen LogP) is 3.09. The summed E-state index contributed by atoms with van der Waals surface area (Å²) in [7, 11) is 0. The average Bonchev–Trinajstić information content (AvgIpc) is 3.27. The second-order valence-electron chi connectivity index (χ2n) is 7.04. The lowest BCUT2D eigenvalue weighted by Crippen LogP contribution is -2.48. The zero-order valence-corrected chi connectivity index (χ0v) is 16.7. The Morgan fingerprint density at radius 3 is 2.64 bits per heavy atom. The Morgan fingerprint density at radius 1 is 1.18 bits per heavy atom. The van der Waals surface area contributed by atoms with Gasteiger partial charge in [-0.25, -0.2) is 4.68 Å².